The number of pyridine rings is 1. The SMILES string of the molecule is CC(CNc1ncc(N)cc1C(=O)O)C(C)(C)C. The first kappa shape index (κ1) is 14.3. The first-order chi connectivity index (χ1) is 8.21. The lowest BCUT2D eigenvalue weighted by molar-refractivity contribution is 0.0697. The van der Waals surface area contributed by atoms with Gasteiger partial charge in [-0.05, 0) is 17.4 Å². The minimum atomic E-state index is -1.03. The van der Waals surface area contributed by atoms with Gasteiger partial charge in [0, 0.05) is 6.54 Å². The lowest BCUT2D eigenvalue weighted by Crippen LogP contribution is -2.25. The number of hydrogen-bond donors (Lipinski definition) is 3. The van der Waals surface area contributed by atoms with Crippen LogP contribution in [0.15, 0.2) is 12.3 Å². The van der Waals surface area contributed by atoms with Crippen LogP contribution >= 0.6 is 0 Å². The quantitative estimate of drug-likeness (QED) is 0.765. The van der Waals surface area contributed by atoms with E-state index in [1.54, 1.807) is 0 Å². The van der Waals surface area contributed by atoms with E-state index in [1.807, 2.05) is 0 Å². The smallest absolute Gasteiger partial charge is 0.339 e. The highest BCUT2D eigenvalue weighted by atomic mass is 16.4. The summed E-state index contributed by atoms with van der Waals surface area (Å²) < 4.78 is 0. The van der Waals surface area contributed by atoms with Crippen molar-refractivity contribution in [1.82, 2.24) is 4.98 Å². The van der Waals surface area contributed by atoms with E-state index in [4.69, 9.17) is 10.8 Å². The van der Waals surface area contributed by atoms with E-state index in [-0.39, 0.29) is 11.0 Å². The van der Waals surface area contributed by atoms with Crippen LogP contribution in [0.2, 0.25) is 0 Å². The summed E-state index contributed by atoms with van der Waals surface area (Å²) in [7, 11) is 0. The van der Waals surface area contributed by atoms with Crippen LogP contribution in [-0.4, -0.2) is 22.6 Å². The van der Waals surface area contributed by atoms with Crippen molar-refractivity contribution >= 4 is 17.5 Å². The molecule has 0 aromatic carbocycles. The molecular formula is C13H21N3O2. The van der Waals surface area contributed by atoms with E-state index in [1.165, 1.54) is 12.3 Å². The maximum absolute atomic E-state index is 11.1. The highest BCUT2D eigenvalue weighted by Gasteiger charge is 2.20. The monoisotopic (exact) mass is 251 g/mol. The number of nitrogens with two attached hydrogens (primary N) is 1. The number of rotatable bonds is 4. The summed E-state index contributed by atoms with van der Waals surface area (Å²) in [5.74, 6) is -0.271. The predicted molar refractivity (Wildman–Crippen MR) is 72.7 cm³/mol. The van der Waals surface area contributed by atoms with Crippen molar-refractivity contribution in [3.8, 4) is 0 Å². The van der Waals surface area contributed by atoms with Crippen LogP contribution < -0.4 is 11.1 Å². The second-order valence-corrected chi connectivity index (χ2v) is 5.62. The van der Waals surface area contributed by atoms with Crippen LogP contribution in [0.4, 0.5) is 11.5 Å². The van der Waals surface area contributed by atoms with Gasteiger partial charge in [-0.2, -0.15) is 0 Å². The number of anilines is 2. The van der Waals surface area contributed by atoms with Crippen molar-refractivity contribution in [2.24, 2.45) is 11.3 Å². The molecule has 1 aromatic heterocycles. The molecule has 18 heavy (non-hydrogen) atoms. The first-order valence-corrected chi connectivity index (χ1v) is 5.94. The lowest BCUT2D eigenvalue weighted by Gasteiger charge is -2.27. The van der Waals surface area contributed by atoms with Gasteiger partial charge in [0.25, 0.3) is 0 Å². The van der Waals surface area contributed by atoms with Gasteiger partial charge in [-0.3, -0.25) is 0 Å². The molecule has 5 nitrogen and oxygen atoms in total. The normalized spacial score (nSPS) is 13.1. The summed E-state index contributed by atoms with van der Waals surface area (Å²) >= 11 is 0. The van der Waals surface area contributed by atoms with Crippen LogP contribution in [0.1, 0.15) is 38.1 Å². The summed E-state index contributed by atoms with van der Waals surface area (Å²) in [6, 6.07) is 1.42. The Kier molecular flexibility index (Phi) is 4.16. The zero-order valence-corrected chi connectivity index (χ0v) is 11.3. The summed E-state index contributed by atoms with van der Waals surface area (Å²) in [5.41, 5.74) is 6.15. The van der Waals surface area contributed by atoms with Crippen molar-refractivity contribution in [3.05, 3.63) is 17.8 Å². The van der Waals surface area contributed by atoms with Crippen LogP contribution in [0.3, 0.4) is 0 Å². The fourth-order valence-corrected chi connectivity index (χ4v) is 1.34. The zero-order valence-electron chi connectivity index (χ0n) is 11.3. The summed E-state index contributed by atoms with van der Waals surface area (Å²) in [5, 5.41) is 12.2. The topological polar surface area (TPSA) is 88.2 Å². The maximum Gasteiger partial charge on any atom is 0.339 e. The summed E-state index contributed by atoms with van der Waals surface area (Å²) in [6.45, 7) is 9.22. The summed E-state index contributed by atoms with van der Waals surface area (Å²) in [6.07, 6.45) is 1.45. The average Bonchev–Trinajstić information content (AvgIpc) is 2.25. The Bertz CT molecular complexity index is 438. The maximum atomic E-state index is 11.1. The molecule has 0 saturated heterocycles. The van der Waals surface area contributed by atoms with Gasteiger partial charge in [-0.25, -0.2) is 9.78 Å². The van der Waals surface area contributed by atoms with Crippen molar-refractivity contribution in [3.63, 3.8) is 0 Å². The first-order valence-electron chi connectivity index (χ1n) is 5.94. The molecule has 0 bridgehead atoms. The number of nitrogen functional groups attached to an aromatic ring is 1. The molecule has 0 aliphatic carbocycles. The highest BCUT2D eigenvalue weighted by Crippen LogP contribution is 2.26. The molecule has 1 heterocycles. The second-order valence-electron chi connectivity index (χ2n) is 5.62. The van der Waals surface area contributed by atoms with Gasteiger partial charge in [0.15, 0.2) is 0 Å². The second kappa shape index (κ2) is 5.25. The van der Waals surface area contributed by atoms with Crippen molar-refractivity contribution < 1.29 is 9.90 Å². The minimum Gasteiger partial charge on any atom is -0.478 e. The molecule has 1 rings (SSSR count). The molecule has 4 N–H and O–H groups in total. The van der Waals surface area contributed by atoms with E-state index < -0.39 is 5.97 Å². The number of hydrogen-bond acceptors (Lipinski definition) is 4. The van der Waals surface area contributed by atoms with Crippen LogP contribution in [0.5, 0.6) is 0 Å². The molecule has 5 heteroatoms. The Morgan fingerprint density at radius 1 is 1.56 bits per heavy atom. The number of carbonyl (C=O) groups is 1. The van der Waals surface area contributed by atoms with Crippen molar-refractivity contribution in [2.75, 3.05) is 17.6 Å². The molecular weight excluding hydrogens is 230 g/mol. The van der Waals surface area contributed by atoms with E-state index in [2.05, 4.69) is 38.0 Å². The van der Waals surface area contributed by atoms with Gasteiger partial charge >= 0.3 is 5.97 Å². The van der Waals surface area contributed by atoms with Crippen molar-refractivity contribution in [2.45, 2.75) is 27.7 Å². The van der Waals surface area contributed by atoms with Gasteiger partial charge in [-0.15, -0.1) is 0 Å². The molecule has 1 atom stereocenters. The Labute approximate surface area is 107 Å². The Morgan fingerprint density at radius 3 is 2.67 bits per heavy atom. The molecule has 0 amide bonds. The van der Waals surface area contributed by atoms with E-state index in [9.17, 15) is 4.79 Å². The number of carboxylic acid groups (broad SMARTS) is 1. The Hall–Kier alpha value is -1.78. The number of carboxylic acids is 1. The largest absolute Gasteiger partial charge is 0.478 e. The molecule has 0 aliphatic rings. The molecule has 1 aromatic rings. The zero-order chi connectivity index (χ0) is 13.9. The lowest BCUT2D eigenvalue weighted by atomic mass is 9.82. The van der Waals surface area contributed by atoms with E-state index in [0.717, 1.165) is 0 Å². The highest BCUT2D eigenvalue weighted by molar-refractivity contribution is 5.94. The number of aromatic nitrogens is 1. The Morgan fingerprint density at radius 2 is 2.17 bits per heavy atom. The van der Waals surface area contributed by atoms with Gasteiger partial charge in [-0.1, -0.05) is 27.7 Å². The third-order valence-corrected chi connectivity index (χ3v) is 3.19. The van der Waals surface area contributed by atoms with E-state index in [0.29, 0.717) is 24.0 Å². The minimum absolute atomic E-state index is 0.108. The van der Waals surface area contributed by atoms with Gasteiger partial charge in [0.2, 0.25) is 0 Å². The van der Waals surface area contributed by atoms with Crippen LogP contribution in [0, 0.1) is 11.3 Å². The number of aromatic carboxylic acids is 1. The molecule has 0 radical (unpaired) electrons. The molecule has 0 saturated carbocycles. The fourth-order valence-electron chi connectivity index (χ4n) is 1.34. The molecule has 1 unspecified atom stereocenters. The summed E-state index contributed by atoms with van der Waals surface area (Å²) in [4.78, 5) is 15.1. The molecule has 0 fully saturated rings. The molecule has 0 aliphatic heterocycles. The predicted octanol–water partition coefficient (Wildman–Crippen LogP) is 2.46. The molecule has 100 valence electrons. The number of nitrogens with zero attached hydrogens (tertiary/aromatic N) is 1. The van der Waals surface area contributed by atoms with Crippen LogP contribution in [-0.2, 0) is 0 Å². The average molecular weight is 251 g/mol. The van der Waals surface area contributed by atoms with Gasteiger partial charge < -0.3 is 16.2 Å². The number of nitrogens with one attached hydrogen (secondary N) is 1. The van der Waals surface area contributed by atoms with Crippen molar-refractivity contribution in [1.29, 1.82) is 0 Å². The third kappa shape index (κ3) is 3.61. The standard InChI is InChI=1S/C13H21N3O2/c1-8(13(2,3)4)6-15-11-10(12(17)18)5-9(14)7-16-11/h5,7-8H,6,14H2,1-4H3,(H,15,16)(H,17,18). The van der Waals surface area contributed by atoms with Gasteiger partial charge in [0.05, 0.1) is 11.9 Å². The van der Waals surface area contributed by atoms with E-state index >= 15 is 0 Å². The Balaban J connectivity index is 2.82. The fraction of sp³-hybridized carbons (Fsp3) is 0.538. The molecule has 0 spiro atoms. The third-order valence-electron chi connectivity index (χ3n) is 3.19. The van der Waals surface area contributed by atoms with Gasteiger partial charge in [0.1, 0.15) is 11.4 Å². The van der Waals surface area contributed by atoms with Crippen LogP contribution in [0.25, 0.3) is 0 Å².